The van der Waals surface area contributed by atoms with E-state index in [2.05, 4.69) is 31.5 Å². The van der Waals surface area contributed by atoms with Crippen molar-refractivity contribution in [2.45, 2.75) is 31.3 Å². The van der Waals surface area contributed by atoms with E-state index >= 15 is 0 Å². The topological polar surface area (TPSA) is 125 Å². The number of nitrogens with two attached hydrogens (primary N) is 1. The molecule has 11 heteroatoms. The first-order valence-electron chi connectivity index (χ1n) is 11.0. The molecule has 2 rings (SSSR count). The second-order valence-corrected chi connectivity index (χ2v) is 10.3. The molecule has 34 heavy (non-hydrogen) atoms. The van der Waals surface area contributed by atoms with Gasteiger partial charge < -0.3 is 30.6 Å². The normalized spacial score (nSPS) is 11.4. The Bertz CT molecular complexity index is 955. The molecule has 0 aliphatic rings. The van der Waals surface area contributed by atoms with Crippen molar-refractivity contribution in [3.05, 3.63) is 34.4 Å². The molecule has 0 unspecified atom stereocenters. The van der Waals surface area contributed by atoms with Gasteiger partial charge in [-0.3, -0.25) is 4.79 Å². The zero-order valence-electron chi connectivity index (χ0n) is 19.8. The number of hydrogen-bond acceptors (Lipinski definition) is 8. The van der Waals surface area contributed by atoms with Crippen LogP contribution in [0.25, 0.3) is 10.9 Å². The fourth-order valence-electron chi connectivity index (χ4n) is 2.76. The van der Waals surface area contributed by atoms with Gasteiger partial charge in [-0.2, -0.15) is 0 Å². The van der Waals surface area contributed by atoms with Crippen molar-refractivity contribution in [2.75, 3.05) is 51.8 Å². The summed E-state index contributed by atoms with van der Waals surface area (Å²) >= 11 is 5.03. The molecule has 0 saturated heterocycles. The number of pyridine rings is 1. The molecule has 1 heterocycles. The van der Waals surface area contributed by atoms with E-state index in [9.17, 15) is 9.59 Å². The molecule has 0 saturated carbocycles. The Kier molecular flexibility index (Phi) is 12.1. The zero-order chi connectivity index (χ0) is 25.0. The van der Waals surface area contributed by atoms with E-state index in [-0.39, 0.29) is 5.91 Å². The van der Waals surface area contributed by atoms with E-state index in [4.69, 9.17) is 19.9 Å². The van der Waals surface area contributed by atoms with Gasteiger partial charge in [0.25, 0.3) is 5.91 Å². The molecule has 0 aliphatic carbocycles. The second kappa shape index (κ2) is 14.5. The summed E-state index contributed by atoms with van der Waals surface area (Å²) < 4.78 is 16.8. The number of aromatic nitrogens is 1. The van der Waals surface area contributed by atoms with E-state index in [0.29, 0.717) is 63.0 Å². The van der Waals surface area contributed by atoms with Crippen LogP contribution < -0.4 is 16.4 Å². The highest BCUT2D eigenvalue weighted by atomic mass is 79.9. The van der Waals surface area contributed by atoms with Crippen molar-refractivity contribution in [1.82, 2.24) is 15.6 Å². The van der Waals surface area contributed by atoms with Crippen LogP contribution in [0.15, 0.2) is 33.6 Å². The first kappa shape index (κ1) is 28.3. The van der Waals surface area contributed by atoms with Gasteiger partial charge in [-0.25, -0.2) is 9.78 Å². The molecule has 1 aromatic carbocycles. The summed E-state index contributed by atoms with van der Waals surface area (Å²) in [4.78, 5) is 29.9. The molecule has 188 valence electrons. The summed E-state index contributed by atoms with van der Waals surface area (Å²) in [5, 5.41) is 6.50. The van der Waals surface area contributed by atoms with Crippen LogP contribution >= 0.6 is 27.7 Å². The number of nitrogens with one attached hydrogen (secondary N) is 2. The smallest absolute Gasteiger partial charge is 0.407 e. The summed E-state index contributed by atoms with van der Waals surface area (Å²) in [6, 6.07) is 7.48. The molecular formula is C23H33BrN4O5S. The summed E-state index contributed by atoms with van der Waals surface area (Å²) in [5.41, 5.74) is 5.85. The predicted octanol–water partition coefficient (Wildman–Crippen LogP) is 3.34. The number of thioether (sulfide) groups is 1. The Morgan fingerprint density at radius 2 is 1.79 bits per heavy atom. The second-order valence-electron chi connectivity index (χ2n) is 8.21. The fraction of sp³-hybridized carbons (Fsp3) is 0.522. The average Bonchev–Trinajstić information content (AvgIpc) is 2.77. The highest BCUT2D eigenvalue weighted by Gasteiger charge is 2.16. The van der Waals surface area contributed by atoms with Gasteiger partial charge in [0.15, 0.2) is 0 Å². The van der Waals surface area contributed by atoms with Crippen LogP contribution in [0.1, 0.15) is 31.3 Å². The largest absolute Gasteiger partial charge is 0.444 e. The molecule has 1 aromatic heterocycles. The number of alkyl carbamates (subject to hydrolysis) is 1. The summed E-state index contributed by atoms with van der Waals surface area (Å²) in [7, 11) is 0. The summed E-state index contributed by atoms with van der Waals surface area (Å²) in [6.07, 6.45) is -0.455. The number of benzene rings is 1. The number of carbonyl (C=O) groups excluding carboxylic acids is 2. The van der Waals surface area contributed by atoms with Gasteiger partial charge in [-0.1, -0.05) is 15.9 Å². The molecular weight excluding hydrogens is 524 g/mol. The quantitative estimate of drug-likeness (QED) is 0.253. The Hall–Kier alpha value is -1.92. The highest BCUT2D eigenvalue weighted by Crippen LogP contribution is 2.30. The number of ether oxygens (including phenoxy) is 3. The molecule has 0 atom stereocenters. The summed E-state index contributed by atoms with van der Waals surface area (Å²) in [6.45, 7) is 8.50. The van der Waals surface area contributed by atoms with Gasteiger partial charge in [0, 0.05) is 40.1 Å². The lowest BCUT2D eigenvalue weighted by molar-refractivity contribution is 0.0510. The standard InChI is InChI=1S/C23H33BrN4O5S/c1-23(2,3)33-22(30)27-8-13-34-20-15-19(28-18-5-4-16(24)14-17(18)20)21(29)26-7-10-32-12-11-31-9-6-25/h4-5,14-15H,6-13,25H2,1-3H3,(H,26,29)(H,27,30). The predicted molar refractivity (Wildman–Crippen MR) is 137 cm³/mol. The summed E-state index contributed by atoms with van der Waals surface area (Å²) in [5.74, 6) is 0.327. The van der Waals surface area contributed by atoms with E-state index in [0.717, 1.165) is 14.8 Å². The van der Waals surface area contributed by atoms with Crippen LogP contribution in [-0.2, 0) is 14.2 Å². The van der Waals surface area contributed by atoms with E-state index in [1.54, 1.807) is 6.07 Å². The Labute approximate surface area is 213 Å². The lowest BCUT2D eigenvalue weighted by atomic mass is 10.2. The molecule has 4 N–H and O–H groups in total. The lowest BCUT2D eigenvalue weighted by Gasteiger charge is -2.19. The number of carbonyl (C=O) groups is 2. The van der Waals surface area contributed by atoms with E-state index in [1.165, 1.54) is 11.8 Å². The molecule has 9 nitrogen and oxygen atoms in total. The van der Waals surface area contributed by atoms with Gasteiger partial charge in [-0.05, 0) is 45.0 Å². The maximum Gasteiger partial charge on any atom is 0.407 e. The van der Waals surface area contributed by atoms with E-state index in [1.807, 2.05) is 39.0 Å². The first-order valence-corrected chi connectivity index (χ1v) is 12.8. The Balaban J connectivity index is 1.94. The SMILES string of the molecule is CC(C)(C)OC(=O)NCCSc1cc(C(=O)NCCOCCOCCN)nc2ccc(Br)cc12. The highest BCUT2D eigenvalue weighted by molar-refractivity contribution is 9.10. The first-order chi connectivity index (χ1) is 16.2. The molecule has 0 aliphatic heterocycles. The van der Waals surface area contributed by atoms with Crippen LogP contribution in [-0.4, -0.2) is 74.4 Å². The average molecular weight is 558 g/mol. The van der Waals surface area contributed by atoms with Crippen molar-refractivity contribution in [3.63, 3.8) is 0 Å². The number of nitrogens with zero attached hydrogens (tertiary/aromatic N) is 1. The maximum absolute atomic E-state index is 12.7. The lowest BCUT2D eigenvalue weighted by Crippen LogP contribution is -2.33. The van der Waals surface area contributed by atoms with Crippen molar-refractivity contribution in [1.29, 1.82) is 0 Å². The fourth-order valence-corrected chi connectivity index (χ4v) is 4.06. The van der Waals surface area contributed by atoms with Crippen molar-refractivity contribution in [3.8, 4) is 0 Å². The minimum absolute atomic E-state index is 0.276. The molecule has 2 aromatic rings. The molecule has 0 bridgehead atoms. The maximum atomic E-state index is 12.7. The van der Waals surface area contributed by atoms with Gasteiger partial charge in [0.05, 0.1) is 31.9 Å². The monoisotopic (exact) mass is 556 g/mol. The third-order valence-corrected chi connectivity index (χ3v) is 5.71. The van der Waals surface area contributed by atoms with Crippen LogP contribution in [0.3, 0.4) is 0 Å². The third-order valence-electron chi connectivity index (χ3n) is 4.16. The van der Waals surface area contributed by atoms with Gasteiger partial charge >= 0.3 is 6.09 Å². The number of rotatable bonds is 13. The van der Waals surface area contributed by atoms with Crippen LogP contribution in [0.2, 0.25) is 0 Å². The number of halogens is 1. The molecule has 0 radical (unpaired) electrons. The minimum atomic E-state index is -0.545. The van der Waals surface area contributed by atoms with E-state index < -0.39 is 11.7 Å². The van der Waals surface area contributed by atoms with Crippen molar-refractivity contribution in [2.24, 2.45) is 5.73 Å². The number of amides is 2. The molecule has 0 spiro atoms. The molecule has 0 fully saturated rings. The third kappa shape index (κ3) is 10.6. The number of hydrogen-bond donors (Lipinski definition) is 3. The van der Waals surface area contributed by atoms with Gasteiger partial charge in [0.2, 0.25) is 0 Å². The minimum Gasteiger partial charge on any atom is -0.444 e. The zero-order valence-corrected chi connectivity index (χ0v) is 22.2. The Morgan fingerprint density at radius 1 is 1.06 bits per heavy atom. The molecule has 2 amide bonds. The van der Waals surface area contributed by atoms with Gasteiger partial charge in [-0.15, -0.1) is 11.8 Å². The van der Waals surface area contributed by atoms with Crippen molar-refractivity contribution < 1.29 is 23.8 Å². The van der Waals surface area contributed by atoms with Crippen LogP contribution in [0.5, 0.6) is 0 Å². The Morgan fingerprint density at radius 3 is 2.50 bits per heavy atom. The number of fused-ring (bicyclic) bond motifs is 1. The van der Waals surface area contributed by atoms with Gasteiger partial charge in [0.1, 0.15) is 11.3 Å². The van der Waals surface area contributed by atoms with Crippen LogP contribution in [0.4, 0.5) is 4.79 Å². The van der Waals surface area contributed by atoms with Crippen LogP contribution in [0, 0.1) is 0 Å². The van der Waals surface area contributed by atoms with Crippen molar-refractivity contribution >= 4 is 50.6 Å².